The number of oxazole rings is 1. The van der Waals surface area contributed by atoms with Crippen molar-refractivity contribution in [3.8, 4) is 5.75 Å². The molecule has 1 aromatic heterocycles. The van der Waals surface area contributed by atoms with Crippen LogP contribution in [0.2, 0.25) is 0 Å². The van der Waals surface area contributed by atoms with E-state index >= 15 is 0 Å². The molecule has 1 aromatic carbocycles. The summed E-state index contributed by atoms with van der Waals surface area (Å²) in [5.74, 6) is -0.903. The van der Waals surface area contributed by atoms with Crippen LogP contribution < -0.4 is 4.74 Å². The van der Waals surface area contributed by atoms with Gasteiger partial charge in [-0.1, -0.05) is 0 Å². The van der Waals surface area contributed by atoms with E-state index in [0.717, 1.165) is 0 Å². The predicted octanol–water partition coefficient (Wildman–Crippen LogP) is 2.08. The molecule has 0 amide bonds. The van der Waals surface area contributed by atoms with Gasteiger partial charge >= 0.3 is 12.1 Å². The Morgan fingerprint density at radius 3 is 2.27 bits per heavy atom. The minimum absolute atomic E-state index is 0.212. The lowest BCUT2D eigenvalue weighted by molar-refractivity contribution is -0.192. The van der Waals surface area contributed by atoms with Gasteiger partial charge in [-0.2, -0.15) is 17.5 Å². The van der Waals surface area contributed by atoms with E-state index in [1.807, 2.05) is 19.0 Å². The van der Waals surface area contributed by atoms with Gasteiger partial charge in [0.15, 0.2) is 0 Å². The molecule has 0 spiro atoms. The second kappa shape index (κ2) is 9.02. The number of hydrogen-bond donors (Lipinski definition) is 1. The highest BCUT2D eigenvalue weighted by molar-refractivity contribution is 7.89. The first-order chi connectivity index (χ1) is 13.8. The van der Waals surface area contributed by atoms with Crippen LogP contribution in [0.15, 0.2) is 33.6 Å². The number of halogens is 3. The number of rotatable bonds is 5. The number of methoxy groups -OCH3 is 1. The van der Waals surface area contributed by atoms with Gasteiger partial charge < -0.3 is 19.2 Å². The number of hydrogen-bond acceptors (Lipinski definition) is 7. The molecule has 0 saturated heterocycles. The van der Waals surface area contributed by atoms with E-state index in [4.69, 9.17) is 19.1 Å². The van der Waals surface area contributed by atoms with Crippen LogP contribution >= 0.6 is 0 Å². The number of carboxylic acids is 1. The third-order valence-electron chi connectivity index (χ3n) is 3.86. The maximum absolute atomic E-state index is 12.7. The lowest BCUT2D eigenvalue weighted by Gasteiger charge is -2.15. The van der Waals surface area contributed by atoms with Crippen molar-refractivity contribution in [2.24, 2.45) is 0 Å². The molecule has 3 rings (SSSR count). The Morgan fingerprint density at radius 1 is 1.27 bits per heavy atom. The summed E-state index contributed by atoms with van der Waals surface area (Å²) in [6, 6.07) is 6.35. The third kappa shape index (κ3) is 5.70. The molecular weight excluding hydrogens is 431 g/mol. The Labute approximate surface area is 170 Å². The number of carbonyl (C=O) groups is 1. The van der Waals surface area contributed by atoms with Gasteiger partial charge in [0.1, 0.15) is 11.5 Å². The summed E-state index contributed by atoms with van der Waals surface area (Å²) in [6.45, 7) is 1.04. The molecule has 0 bridgehead atoms. The molecule has 0 saturated carbocycles. The van der Waals surface area contributed by atoms with E-state index in [0.29, 0.717) is 29.6 Å². The monoisotopic (exact) mass is 451 g/mol. The molecule has 13 heteroatoms. The van der Waals surface area contributed by atoms with Gasteiger partial charge in [0.2, 0.25) is 15.9 Å². The van der Waals surface area contributed by atoms with E-state index in [2.05, 4.69) is 4.98 Å². The topological polar surface area (TPSA) is 113 Å². The van der Waals surface area contributed by atoms with E-state index in [1.54, 1.807) is 31.4 Å². The maximum atomic E-state index is 12.7. The van der Waals surface area contributed by atoms with Crippen LogP contribution in [-0.4, -0.2) is 61.1 Å². The van der Waals surface area contributed by atoms with Crippen LogP contribution in [0, 0.1) is 0 Å². The molecule has 0 fully saturated rings. The highest BCUT2D eigenvalue weighted by Crippen LogP contribution is 2.29. The summed E-state index contributed by atoms with van der Waals surface area (Å²) < 4.78 is 69.2. The van der Waals surface area contributed by atoms with Gasteiger partial charge in [-0.25, -0.2) is 18.2 Å². The molecule has 1 aliphatic rings. The van der Waals surface area contributed by atoms with Crippen LogP contribution in [0.1, 0.15) is 17.3 Å². The van der Waals surface area contributed by atoms with E-state index < -0.39 is 22.2 Å². The molecule has 0 aliphatic carbocycles. The number of aliphatic carboxylic acids is 1. The largest absolute Gasteiger partial charge is 0.497 e. The van der Waals surface area contributed by atoms with Gasteiger partial charge in [0, 0.05) is 0 Å². The predicted molar refractivity (Wildman–Crippen MR) is 97.0 cm³/mol. The van der Waals surface area contributed by atoms with Crippen LogP contribution in [0.4, 0.5) is 13.2 Å². The fourth-order valence-electron chi connectivity index (χ4n) is 2.47. The summed E-state index contributed by atoms with van der Waals surface area (Å²) in [5, 5.41) is 7.12. The highest BCUT2D eigenvalue weighted by Gasteiger charge is 2.38. The van der Waals surface area contributed by atoms with Crippen molar-refractivity contribution in [1.29, 1.82) is 0 Å². The number of fused-ring (bicyclic) bond motifs is 1. The fraction of sp³-hybridized carbons (Fsp3) is 0.412. The van der Waals surface area contributed by atoms with Crippen molar-refractivity contribution in [2.75, 3.05) is 21.2 Å². The Morgan fingerprint density at radius 2 is 1.83 bits per heavy atom. The first-order valence-corrected chi connectivity index (χ1v) is 9.85. The van der Waals surface area contributed by atoms with E-state index in [-0.39, 0.29) is 18.0 Å². The summed E-state index contributed by atoms with van der Waals surface area (Å²) >= 11 is 0. The minimum Gasteiger partial charge on any atom is -0.497 e. The van der Waals surface area contributed by atoms with Crippen LogP contribution in [0.5, 0.6) is 5.75 Å². The van der Waals surface area contributed by atoms with Crippen molar-refractivity contribution in [3.05, 3.63) is 41.6 Å². The second-order valence-electron chi connectivity index (χ2n) is 6.47. The zero-order valence-corrected chi connectivity index (χ0v) is 17.1. The first kappa shape index (κ1) is 23.6. The molecule has 2 aromatic rings. The van der Waals surface area contributed by atoms with Crippen molar-refractivity contribution in [1.82, 2.24) is 14.2 Å². The molecule has 1 aliphatic heterocycles. The number of aromatic nitrogens is 1. The molecule has 1 N–H and O–H groups in total. The summed E-state index contributed by atoms with van der Waals surface area (Å²) in [7, 11) is 1.82. The summed E-state index contributed by atoms with van der Waals surface area (Å²) in [6.07, 6.45) is -5.08. The van der Waals surface area contributed by atoms with Crippen LogP contribution in [-0.2, 0) is 34.5 Å². The third-order valence-corrected chi connectivity index (χ3v) is 5.67. The lowest BCUT2D eigenvalue weighted by atomic mass is 10.3. The van der Waals surface area contributed by atoms with Crippen molar-refractivity contribution < 1.29 is 40.6 Å². The number of ether oxygens (including phenoxy) is 1. The quantitative estimate of drug-likeness (QED) is 0.735. The Bertz CT molecular complexity index is 964. The molecule has 166 valence electrons. The molecule has 30 heavy (non-hydrogen) atoms. The SMILES string of the molecule is COc1ccc(S(=O)(=O)N2Cc3nc(CN(C)C)oc3C2)cc1.O=C(O)C(F)(F)F. The Kier molecular flexibility index (Phi) is 7.10. The molecule has 0 atom stereocenters. The van der Waals surface area contributed by atoms with Gasteiger partial charge in [-0.3, -0.25) is 0 Å². The number of carboxylic acid groups (broad SMARTS) is 1. The highest BCUT2D eigenvalue weighted by atomic mass is 32.2. The summed E-state index contributed by atoms with van der Waals surface area (Å²) in [5.41, 5.74) is 0.693. The van der Waals surface area contributed by atoms with Gasteiger partial charge in [0.25, 0.3) is 0 Å². The standard InChI is InChI=1S/C15H19N3O4S.C2HF3O2/c1-17(2)10-15-16-13-8-18(9-14(13)22-15)23(19,20)12-6-4-11(21-3)5-7-12;3-2(4,5)1(6)7/h4-7H,8-10H2,1-3H3;(H,6,7). The molecular formula is C17H20F3N3O6S. The Balaban J connectivity index is 0.000000396. The van der Waals surface area contributed by atoms with Crippen molar-refractivity contribution in [2.45, 2.75) is 30.7 Å². The zero-order chi connectivity index (χ0) is 22.7. The molecule has 0 radical (unpaired) electrons. The molecule has 0 unspecified atom stereocenters. The average Bonchev–Trinajstić information content (AvgIpc) is 3.20. The number of benzene rings is 1. The zero-order valence-electron chi connectivity index (χ0n) is 16.3. The normalized spacial score (nSPS) is 14.2. The average molecular weight is 451 g/mol. The molecule has 2 heterocycles. The minimum atomic E-state index is -5.08. The number of nitrogens with zero attached hydrogens (tertiary/aromatic N) is 3. The first-order valence-electron chi connectivity index (χ1n) is 8.41. The van der Waals surface area contributed by atoms with Crippen LogP contribution in [0.25, 0.3) is 0 Å². The van der Waals surface area contributed by atoms with Gasteiger partial charge in [0.05, 0.1) is 37.3 Å². The van der Waals surface area contributed by atoms with E-state index in [9.17, 15) is 21.6 Å². The van der Waals surface area contributed by atoms with Crippen molar-refractivity contribution >= 4 is 16.0 Å². The smallest absolute Gasteiger partial charge is 0.490 e. The van der Waals surface area contributed by atoms with Crippen molar-refractivity contribution in [3.63, 3.8) is 0 Å². The van der Waals surface area contributed by atoms with Crippen LogP contribution in [0.3, 0.4) is 0 Å². The van der Waals surface area contributed by atoms with Gasteiger partial charge in [-0.05, 0) is 38.4 Å². The Hall–Kier alpha value is -2.64. The number of alkyl halides is 3. The lowest BCUT2D eigenvalue weighted by Crippen LogP contribution is -2.26. The van der Waals surface area contributed by atoms with Gasteiger partial charge in [-0.15, -0.1) is 0 Å². The van der Waals surface area contributed by atoms with E-state index in [1.165, 1.54) is 4.31 Å². The number of sulfonamides is 1. The second-order valence-corrected chi connectivity index (χ2v) is 8.40. The summed E-state index contributed by atoms with van der Waals surface area (Å²) in [4.78, 5) is 15.5. The maximum Gasteiger partial charge on any atom is 0.490 e. The fourth-order valence-corrected chi connectivity index (χ4v) is 3.83. The molecule has 9 nitrogen and oxygen atoms in total.